The molecule has 1 unspecified atom stereocenters. The molecule has 1 atom stereocenters. The van der Waals surface area contributed by atoms with E-state index in [1.54, 1.807) is 12.1 Å². The van der Waals surface area contributed by atoms with Gasteiger partial charge in [0.1, 0.15) is 0 Å². The van der Waals surface area contributed by atoms with Crippen molar-refractivity contribution in [3.05, 3.63) is 40.3 Å². The number of benzene rings is 1. The summed E-state index contributed by atoms with van der Waals surface area (Å²) in [6.07, 6.45) is 1.98. The van der Waals surface area contributed by atoms with E-state index in [2.05, 4.69) is 5.10 Å². The van der Waals surface area contributed by atoms with Gasteiger partial charge in [0, 0.05) is 12.0 Å². The van der Waals surface area contributed by atoms with E-state index in [0.717, 1.165) is 19.4 Å². The Bertz CT molecular complexity index is 747. The van der Waals surface area contributed by atoms with Crippen molar-refractivity contribution in [3.63, 3.8) is 0 Å². The molecule has 1 aromatic carbocycles. The smallest absolute Gasteiger partial charge is 0.311 e. The first-order valence-electron chi connectivity index (χ1n) is 7.36. The van der Waals surface area contributed by atoms with Gasteiger partial charge in [0.2, 0.25) is 0 Å². The maximum absolute atomic E-state index is 12.6. The first-order valence-corrected chi connectivity index (χ1v) is 7.36. The number of rotatable bonds is 4. The summed E-state index contributed by atoms with van der Waals surface area (Å²) in [5, 5.41) is 5.64. The Balaban J connectivity index is 2.05. The zero-order chi connectivity index (χ0) is 15.5. The maximum Gasteiger partial charge on any atom is 0.311 e. The second-order valence-corrected chi connectivity index (χ2v) is 5.37. The molecule has 1 aliphatic heterocycles. The predicted octanol–water partition coefficient (Wildman–Crippen LogP) is 1.29. The highest BCUT2D eigenvalue weighted by Crippen LogP contribution is 2.16. The number of hydrogen-bond acceptors (Lipinski definition) is 5. The molecule has 22 heavy (non-hydrogen) atoms. The zero-order valence-corrected chi connectivity index (χ0v) is 12.4. The fourth-order valence-electron chi connectivity index (χ4n) is 2.75. The number of ether oxygens (including phenoxy) is 2. The van der Waals surface area contributed by atoms with Crippen molar-refractivity contribution in [2.75, 3.05) is 13.7 Å². The van der Waals surface area contributed by atoms with E-state index in [4.69, 9.17) is 9.47 Å². The summed E-state index contributed by atoms with van der Waals surface area (Å²) in [5.41, 5.74) is 0.403. The van der Waals surface area contributed by atoms with Crippen LogP contribution in [0.15, 0.2) is 29.1 Å². The quantitative estimate of drug-likeness (QED) is 0.796. The second kappa shape index (κ2) is 6.27. The summed E-state index contributed by atoms with van der Waals surface area (Å²) >= 11 is 0. The molecule has 1 aromatic heterocycles. The van der Waals surface area contributed by atoms with Gasteiger partial charge in [-0.15, -0.1) is 0 Å². The minimum Gasteiger partial charge on any atom is -0.469 e. The topological polar surface area (TPSA) is 70.4 Å². The number of carbonyl (C=O) groups excluding carboxylic acids is 1. The normalized spacial score (nSPS) is 17.8. The third kappa shape index (κ3) is 2.87. The van der Waals surface area contributed by atoms with Crippen LogP contribution in [0.4, 0.5) is 0 Å². The molecule has 0 N–H and O–H groups in total. The maximum atomic E-state index is 12.6. The van der Waals surface area contributed by atoms with Crippen LogP contribution in [0.5, 0.6) is 0 Å². The Morgan fingerprint density at radius 3 is 2.86 bits per heavy atom. The van der Waals surface area contributed by atoms with Gasteiger partial charge in [-0.2, -0.15) is 5.10 Å². The molecule has 0 spiro atoms. The highest BCUT2D eigenvalue weighted by Gasteiger charge is 2.19. The largest absolute Gasteiger partial charge is 0.469 e. The lowest BCUT2D eigenvalue weighted by Gasteiger charge is -2.13. The molecule has 116 valence electrons. The molecule has 0 radical (unpaired) electrons. The molecule has 2 aromatic rings. The van der Waals surface area contributed by atoms with Crippen molar-refractivity contribution < 1.29 is 14.3 Å². The molecule has 1 aliphatic rings. The van der Waals surface area contributed by atoms with Crippen LogP contribution in [0.2, 0.25) is 0 Å². The van der Waals surface area contributed by atoms with Gasteiger partial charge in [-0.1, -0.05) is 18.2 Å². The summed E-state index contributed by atoms with van der Waals surface area (Å²) < 4.78 is 11.7. The van der Waals surface area contributed by atoms with Gasteiger partial charge in [0.05, 0.1) is 37.3 Å². The molecule has 3 rings (SSSR count). The van der Waals surface area contributed by atoms with Crippen molar-refractivity contribution in [2.45, 2.75) is 31.9 Å². The van der Waals surface area contributed by atoms with E-state index in [1.807, 2.05) is 12.1 Å². The molecule has 0 aliphatic carbocycles. The number of fused-ring (bicyclic) bond motifs is 1. The lowest BCUT2D eigenvalue weighted by atomic mass is 10.1. The van der Waals surface area contributed by atoms with Gasteiger partial charge in [-0.05, 0) is 18.9 Å². The summed E-state index contributed by atoms with van der Waals surface area (Å²) in [5.74, 6) is -0.375. The van der Waals surface area contributed by atoms with Crippen LogP contribution in [0.25, 0.3) is 10.8 Å². The first kappa shape index (κ1) is 14.7. The van der Waals surface area contributed by atoms with Crippen LogP contribution in [0.1, 0.15) is 18.5 Å². The summed E-state index contributed by atoms with van der Waals surface area (Å²) in [4.78, 5) is 24.1. The van der Waals surface area contributed by atoms with Crippen molar-refractivity contribution in [1.82, 2.24) is 9.78 Å². The molecular formula is C16H18N2O4. The molecular weight excluding hydrogens is 284 g/mol. The van der Waals surface area contributed by atoms with E-state index in [9.17, 15) is 9.59 Å². The van der Waals surface area contributed by atoms with Gasteiger partial charge in [-0.3, -0.25) is 9.59 Å². The first-order chi connectivity index (χ1) is 10.7. The number of hydrogen-bond donors (Lipinski definition) is 0. The van der Waals surface area contributed by atoms with Crippen LogP contribution in [0, 0.1) is 0 Å². The summed E-state index contributed by atoms with van der Waals surface area (Å²) in [7, 11) is 1.34. The zero-order valence-electron chi connectivity index (χ0n) is 12.4. The van der Waals surface area contributed by atoms with Crippen LogP contribution in [-0.2, 0) is 27.2 Å². The number of aromatic nitrogens is 2. The van der Waals surface area contributed by atoms with Crippen LogP contribution < -0.4 is 5.56 Å². The third-order valence-corrected chi connectivity index (χ3v) is 3.88. The lowest BCUT2D eigenvalue weighted by Crippen LogP contribution is -2.30. The Labute approximate surface area is 127 Å². The minimum absolute atomic E-state index is 0.0114. The van der Waals surface area contributed by atoms with E-state index in [-0.39, 0.29) is 24.1 Å². The molecule has 0 bridgehead atoms. The van der Waals surface area contributed by atoms with E-state index < -0.39 is 0 Å². The Morgan fingerprint density at radius 2 is 2.18 bits per heavy atom. The number of carbonyl (C=O) groups is 1. The van der Waals surface area contributed by atoms with Crippen LogP contribution >= 0.6 is 0 Å². The van der Waals surface area contributed by atoms with Crippen molar-refractivity contribution in [3.8, 4) is 0 Å². The Morgan fingerprint density at radius 1 is 1.41 bits per heavy atom. The van der Waals surface area contributed by atoms with Gasteiger partial charge in [0.15, 0.2) is 0 Å². The summed E-state index contributed by atoms with van der Waals surface area (Å²) in [6, 6.07) is 7.20. The molecule has 6 nitrogen and oxygen atoms in total. The molecule has 1 saturated heterocycles. The second-order valence-electron chi connectivity index (χ2n) is 5.37. The SMILES string of the molecule is COC(=O)Cc1nn(CC2CCCO2)c(=O)c2ccccc12. The fourth-order valence-corrected chi connectivity index (χ4v) is 2.75. The van der Waals surface area contributed by atoms with E-state index >= 15 is 0 Å². The van der Waals surface area contributed by atoms with Crippen molar-refractivity contribution in [1.29, 1.82) is 0 Å². The lowest BCUT2D eigenvalue weighted by molar-refractivity contribution is -0.139. The number of esters is 1. The Hall–Kier alpha value is -2.21. The van der Waals surface area contributed by atoms with Gasteiger partial charge in [0.25, 0.3) is 5.56 Å². The number of nitrogens with zero attached hydrogens (tertiary/aromatic N) is 2. The highest BCUT2D eigenvalue weighted by atomic mass is 16.5. The van der Waals surface area contributed by atoms with Gasteiger partial charge >= 0.3 is 5.97 Å². The molecule has 1 fully saturated rings. The molecule has 0 saturated carbocycles. The summed E-state index contributed by atoms with van der Waals surface area (Å²) in [6.45, 7) is 1.14. The monoisotopic (exact) mass is 302 g/mol. The average molecular weight is 302 g/mol. The van der Waals surface area contributed by atoms with Crippen molar-refractivity contribution in [2.24, 2.45) is 0 Å². The van der Waals surface area contributed by atoms with Gasteiger partial charge in [-0.25, -0.2) is 4.68 Å². The average Bonchev–Trinajstić information content (AvgIpc) is 3.04. The van der Waals surface area contributed by atoms with E-state index in [1.165, 1.54) is 11.8 Å². The molecule has 0 amide bonds. The predicted molar refractivity (Wildman–Crippen MR) is 80.7 cm³/mol. The Kier molecular flexibility index (Phi) is 4.20. The third-order valence-electron chi connectivity index (χ3n) is 3.88. The van der Waals surface area contributed by atoms with Crippen LogP contribution in [0.3, 0.4) is 0 Å². The van der Waals surface area contributed by atoms with Crippen molar-refractivity contribution >= 4 is 16.7 Å². The minimum atomic E-state index is -0.375. The molecule has 2 heterocycles. The fraction of sp³-hybridized carbons (Fsp3) is 0.438. The standard InChI is InChI=1S/C16H18N2O4/c1-21-15(19)9-14-12-6-2-3-7-13(12)16(20)18(17-14)10-11-5-4-8-22-11/h2-3,6-7,11H,4-5,8-10H2,1H3. The van der Waals surface area contributed by atoms with E-state index in [0.29, 0.717) is 23.0 Å². The number of methoxy groups -OCH3 is 1. The highest BCUT2D eigenvalue weighted by molar-refractivity contribution is 5.86. The van der Waals surface area contributed by atoms with Gasteiger partial charge < -0.3 is 9.47 Å². The van der Waals surface area contributed by atoms with Crippen LogP contribution in [-0.4, -0.2) is 35.6 Å². The molecule has 6 heteroatoms.